The summed E-state index contributed by atoms with van der Waals surface area (Å²) in [6.07, 6.45) is 0. The Hall–Kier alpha value is -3.30. The van der Waals surface area contributed by atoms with E-state index in [4.69, 9.17) is 17.4 Å². The van der Waals surface area contributed by atoms with Crippen molar-refractivity contribution in [3.63, 3.8) is 0 Å². The molecular weight excluding hydrogens is 446 g/mol. The molecule has 0 aliphatic rings. The van der Waals surface area contributed by atoms with Crippen molar-refractivity contribution in [2.75, 3.05) is 11.2 Å². The topological polar surface area (TPSA) is 104 Å². The van der Waals surface area contributed by atoms with Crippen molar-refractivity contribution in [1.82, 2.24) is 24.7 Å². The molecule has 0 aliphatic carbocycles. The normalized spacial score (nSPS) is 12.0. The van der Waals surface area contributed by atoms with Crippen LogP contribution in [-0.4, -0.2) is 30.6 Å². The molecule has 164 valence electrons. The summed E-state index contributed by atoms with van der Waals surface area (Å²) in [6, 6.07) is 16.8. The molecule has 3 N–H and O–H groups in total. The first-order chi connectivity index (χ1) is 15.3. The Morgan fingerprint density at radius 3 is 2.50 bits per heavy atom. The van der Waals surface area contributed by atoms with Gasteiger partial charge in [0.2, 0.25) is 11.1 Å². The largest absolute Gasteiger partial charge is 0.334 e. The van der Waals surface area contributed by atoms with E-state index in [1.165, 1.54) is 16.4 Å². The molecule has 10 heteroatoms. The van der Waals surface area contributed by atoms with Gasteiger partial charge >= 0.3 is 0 Å². The number of nitrogens with zero attached hydrogens (tertiary/aromatic N) is 5. The number of anilines is 1. The molecule has 1 atom stereocenters. The third-order valence-corrected chi connectivity index (χ3v) is 6.47. The standard InChI is InChI=1S/C22H22ClN7OS/c1-13-9-10-17(12-18(13)23)25-20(31)19(16-7-5-4-6-8-16)32-22-27-26-21(29(22)24)30-15(3)11-14(2)28-30/h4-12,19H,24H2,1-3H3,(H,25,31). The summed E-state index contributed by atoms with van der Waals surface area (Å²) in [5, 5.41) is 16.1. The van der Waals surface area contributed by atoms with E-state index in [0.29, 0.717) is 21.8 Å². The number of aromatic nitrogens is 5. The fourth-order valence-electron chi connectivity index (χ4n) is 3.21. The molecule has 0 saturated heterocycles. The SMILES string of the molecule is Cc1cc(C)n(-c2nnc(SC(C(=O)Nc3ccc(C)c(Cl)c3)c3ccccc3)n2N)n1. The van der Waals surface area contributed by atoms with Gasteiger partial charge in [0, 0.05) is 16.4 Å². The van der Waals surface area contributed by atoms with E-state index < -0.39 is 5.25 Å². The molecule has 32 heavy (non-hydrogen) atoms. The number of nitrogens with two attached hydrogens (primary N) is 1. The Kier molecular flexibility index (Phi) is 6.20. The molecule has 0 radical (unpaired) electrons. The zero-order chi connectivity index (χ0) is 22.8. The number of aryl methyl sites for hydroxylation is 3. The van der Waals surface area contributed by atoms with Crippen molar-refractivity contribution >= 4 is 35.0 Å². The lowest BCUT2D eigenvalue weighted by atomic mass is 10.1. The number of carbonyl (C=O) groups is 1. The molecule has 2 aromatic carbocycles. The van der Waals surface area contributed by atoms with Crippen molar-refractivity contribution in [3.8, 4) is 5.95 Å². The lowest BCUT2D eigenvalue weighted by Crippen LogP contribution is -2.21. The predicted molar refractivity (Wildman–Crippen MR) is 127 cm³/mol. The summed E-state index contributed by atoms with van der Waals surface area (Å²) in [5.41, 5.74) is 4.09. The minimum Gasteiger partial charge on any atom is -0.334 e. The van der Waals surface area contributed by atoms with Gasteiger partial charge in [0.15, 0.2) is 0 Å². The van der Waals surface area contributed by atoms with Crippen molar-refractivity contribution < 1.29 is 4.79 Å². The molecule has 0 bridgehead atoms. The smallest absolute Gasteiger partial charge is 0.271 e. The van der Waals surface area contributed by atoms with E-state index in [1.807, 2.05) is 69.3 Å². The van der Waals surface area contributed by atoms with Crippen LogP contribution in [0.1, 0.15) is 27.8 Å². The minimum absolute atomic E-state index is 0.225. The van der Waals surface area contributed by atoms with Gasteiger partial charge in [0.1, 0.15) is 5.25 Å². The second-order valence-electron chi connectivity index (χ2n) is 7.35. The van der Waals surface area contributed by atoms with Crippen LogP contribution >= 0.6 is 23.4 Å². The highest BCUT2D eigenvalue weighted by Gasteiger charge is 2.26. The monoisotopic (exact) mass is 467 g/mol. The average molecular weight is 468 g/mol. The van der Waals surface area contributed by atoms with Gasteiger partial charge < -0.3 is 11.2 Å². The number of halogens is 1. The molecule has 4 aromatic rings. The third kappa shape index (κ3) is 4.49. The number of carbonyl (C=O) groups excluding carboxylic acids is 1. The second kappa shape index (κ2) is 9.05. The number of benzene rings is 2. The third-order valence-electron chi connectivity index (χ3n) is 4.85. The molecule has 0 fully saturated rings. The summed E-state index contributed by atoms with van der Waals surface area (Å²) in [4.78, 5) is 13.3. The van der Waals surface area contributed by atoms with Crippen LogP contribution < -0.4 is 11.2 Å². The van der Waals surface area contributed by atoms with E-state index in [-0.39, 0.29) is 5.91 Å². The Morgan fingerprint density at radius 2 is 1.84 bits per heavy atom. The van der Waals surface area contributed by atoms with E-state index in [9.17, 15) is 4.79 Å². The second-order valence-corrected chi connectivity index (χ2v) is 8.83. The first-order valence-electron chi connectivity index (χ1n) is 9.86. The van der Waals surface area contributed by atoms with Crippen LogP contribution in [0.4, 0.5) is 5.69 Å². The zero-order valence-corrected chi connectivity index (χ0v) is 19.4. The number of hydrogen-bond acceptors (Lipinski definition) is 6. The van der Waals surface area contributed by atoms with Gasteiger partial charge in [-0.3, -0.25) is 4.79 Å². The maximum Gasteiger partial charge on any atom is 0.271 e. The molecule has 0 spiro atoms. The van der Waals surface area contributed by atoms with E-state index in [0.717, 1.165) is 22.5 Å². The van der Waals surface area contributed by atoms with Gasteiger partial charge in [0.25, 0.3) is 5.95 Å². The predicted octanol–water partition coefficient (Wildman–Crippen LogP) is 4.23. The Bertz CT molecular complexity index is 1270. The maximum atomic E-state index is 13.3. The van der Waals surface area contributed by atoms with Gasteiger partial charge in [-0.1, -0.05) is 59.8 Å². The Balaban J connectivity index is 1.64. The molecule has 8 nitrogen and oxygen atoms in total. The quantitative estimate of drug-likeness (QED) is 0.325. The van der Waals surface area contributed by atoms with Crippen LogP contribution in [0.3, 0.4) is 0 Å². The molecule has 4 rings (SSSR count). The van der Waals surface area contributed by atoms with E-state index in [2.05, 4.69) is 20.6 Å². The zero-order valence-electron chi connectivity index (χ0n) is 17.8. The van der Waals surface area contributed by atoms with Gasteiger partial charge in [-0.15, -0.1) is 10.2 Å². The molecule has 2 aromatic heterocycles. The molecule has 0 aliphatic heterocycles. The van der Waals surface area contributed by atoms with Crippen molar-refractivity contribution in [3.05, 3.63) is 82.1 Å². The van der Waals surface area contributed by atoms with Gasteiger partial charge in [0.05, 0.1) is 5.69 Å². The van der Waals surface area contributed by atoms with Crippen molar-refractivity contribution in [2.24, 2.45) is 0 Å². The lowest BCUT2D eigenvalue weighted by Gasteiger charge is -2.17. The maximum absolute atomic E-state index is 13.3. The number of hydrogen-bond donors (Lipinski definition) is 2. The van der Waals surface area contributed by atoms with Crippen LogP contribution in [0, 0.1) is 20.8 Å². The number of rotatable bonds is 6. The molecule has 1 unspecified atom stereocenters. The molecular formula is C22H22ClN7OS. The summed E-state index contributed by atoms with van der Waals surface area (Å²) < 4.78 is 2.97. The highest BCUT2D eigenvalue weighted by molar-refractivity contribution is 8.00. The van der Waals surface area contributed by atoms with Crippen LogP contribution in [0.2, 0.25) is 5.02 Å². The number of amides is 1. The fraction of sp³-hybridized carbons (Fsp3) is 0.182. The summed E-state index contributed by atoms with van der Waals surface area (Å²) >= 11 is 7.43. The van der Waals surface area contributed by atoms with Crippen LogP contribution in [0.25, 0.3) is 5.95 Å². The molecule has 1 amide bonds. The lowest BCUT2D eigenvalue weighted by molar-refractivity contribution is -0.115. The molecule has 2 heterocycles. The summed E-state index contributed by atoms with van der Waals surface area (Å²) in [7, 11) is 0. The van der Waals surface area contributed by atoms with E-state index in [1.54, 1.807) is 10.7 Å². The number of nitrogens with one attached hydrogen (secondary N) is 1. The first-order valence-corrected chi connectivity index (χ1v) is 11.1. The average Bonchev–Trinajstić information content (AvgIpc) is 3.29. The highest BCUT2D eigenvalue weighted by Crippen LogP contribution is 2.35. The first kappa shape index (κ1) is 21.9. The van der Waals surface area contributed by atoms with Crippen LogP contribution in [0.15, 0.2) is 59.8 Å². The van der Waals surface area contributed by atoms with Crippen molar-refractivity contribution in [1.29, 1.82) is 0 Å². The van der Waals surface area contributed by atoms with Crippen LogP contribution in [0.5, 0.6) is 0 Å². The molecule has 0 saturated carbocycles. The van der Waals surface area contributed by atoms with Gasteiger partial charge in [-0.25, -0.2) is 9.36 Å². The minimum atomic E-state index is -0.615. The Labute approximate surface area is 194 Å². The number of thioether (sulfide) groups is 1. The van der Waals surface area contributed by atoms with Gasteiger partial charge in [-0.05, 0) is 50.1 Å². The van der Waals surface area contributed by atoms with Crippen molar-refractivity contribution in [2.45, 2.75) is 31.2 Å². The van der Waals surface area contributed by atoms with Gasteiger partial charge in [-0.2, -0.15) is 5.10 Å². The fourth-order valence-corrected chi connectivity index (χ4v) is 4.34. The summed E-state index contributed by atoms with van der Waals surface area (Å²) in [6.45, 7) is 5.71. The Morgan fingerprint density at radius 1 is 1.09 bits per heavy atom. The van der Waals surface area contributed by atoms with E-state index >= 15 is 0 Å². The highest BCUT2D eigenvalue weighted by atomic mass is 35.5. The number of nitrogen functional groups attached to an aromatic ring is 1. The van der Waals surface area contributed by atoms with Crippen LogP contribution in [-0.2, 0) is 4.79 Å². The summed E-state index contributed by atoms with van der Waals surface area (Å²) in [5.74, 6) is 6.44.